The Morgan fingerprint density at radius 1 is 1.00 bits per heavy atom. The first-order valence-electron chi connectivity index (χ1n) is 6.26. The Hall–Kier alpha value is -2.01. The van der Waals surface area contributed by atoms with E-state index >= 15 is 0 Å². The number of halogens is 3. The van der Waals surface area contributed by atoms with Crippen molar-refractivity contribution in [2.24, 2.45) is 0 Å². The molecule has 1 aliphatic heterocycles. The second kappa shape index (κ2) is 4.83. The number of aliphatic hydroxyl groups is 1. The SMILES string of the molecule is OC(c1ccc(F)c(F)c1F)c1cccc2c1NCC2. The van der Waals surface area contributed by atoms with Gasteiger partial charge in [-0.15, -0.1) is 0 Å². The van der Waals surface area contributed by atoms with E-state index in [2.05, 4.69) is 5.32 Å². The molecular formula is C15H12F3NO. The van der Waals surface area contributed by atoms with Crippen LogP contribution in [0.1, 0.15) is 22.8 Å². The van der Waals surface area contributed by atoms with Crippen molar-refractivity contribution in [1.29, 1.82) is 0 Å². The summed E-state index contributed by atoms with van der Waals surface area (Å²) in [4.78, 5) is 0. The smallest absolute Gasteiger partial charge is 0.194 e. The number of hydrogen-bond acceptors (Lipinski definition) is 2. The minimum atomic E-state index is -1.57. The summed E-state index contributed by atoms with van der Waals surface area (Å²) in [7, 11) is 0. The lowest BCUT2D eigenvalue weighted by Crippen LogP contribution is -2.08. The van der Waals surface area contributed by atoms with Crippen LogP contribution < -0.4 is 5.32 Å². The highest BCUT2D eigenvalue weighted by molar-refractivity contribution is 5.63. The Bertz CT molecular complexity index is 672. The first-order valence-corrected chi connectivity index (χ1v) is 6.26. The summed E-state index contributed by atoms with van der Waals surface area (Å²) in [6.45, 7) is 0.735. The molecule has 0 aliphatic carbocycles. The monoisotopic (exact) mass is 279 g/mol. The largest absolute Gasteiger partial charge is 0.384 e. The molecule has 2 N–H and O–H groups in total. The zero-order chi connectivity index (χ0) is 14.3. The van der Waals surface area contributed by atoms with Crippen LogP contribution in [0.25, 0.3) is 0 Å². The third kappa shape index (κ3) is 1.94. The molecule has 0 aromatic heterocycles. The number of rotatable bonds is 2. The molecule has 0 saturated heterocycles. The maximum Gasteiger partial charge on any atom is 0.194 e. The van der Waals surface area contributed by atoms with Crippen molar-refractivity contribution < 1.29 is 18.3 Å². The van der Waals surface area contributed by atoms with Crippen molar-refractivity contribution in [2.75, 3.05) is 11.9 Å². The molecule has 0 saturated carbocycles. The number of para-hydroxylation sites is 1. The zero-order valence-electron chi connectivity index (χ0n) is 10.5. The first kappa shape index (κ1) is 13.0. The molecule has 0 fully saturated rings. The fraction of sp³-hybridized carbons (Fsp3) is 0.200. The minimum Gasteiger partial charge on any atom is -0.384 e. The highest BCUT2D eigenvalue weighted by atomic mass is 19.2. The Balaban J connectivity index is 2.08. The summed E-state index contributed by atoms with van der Waals surface area (Å²) in [5, 5.41) is 13.4. The van der Waals surface area contributed by atoms with E-state index in [0.29, 0.717) is 5.56 Å². The van der Waals surface area contributed by atoms with Gasteiger partial charge in [0.15, 0.2) is 17.5 Å². The summed E-state index contributed by atoms with van der Waals surface area (Å²) < 4.78 is 40.0. The molecule has 1 unspecified atom stereocenters. The van der Waals surface area contributed by atoms with Gasteiger partial charge in [-0.2, -0.15) is 0 Å². The lowest BCUT2D eigenvalue weighted by atomic mass is 9.97. The summed E-state index contributed by atoms with van der Waals surface area (Å²) in [6, 6.07) is 7.18. The average molecular weight is 279 g/mol. The summed E-state index contributed by atoms with van der Waals surface area (Å²) in [5.41, 5.74) is 1.95. The molecule has 5 heteroatoms. The number of aliphatic hydroxyl groups excluding tert-OH is 1. The molecule has 20 heavy (non-hydrogen) atoms. The lowest BCUT2D eigenvalue weighted by Gasteiger charge is -2.16. The van der Waals surface area contributed by atoms with Gasteiger partial charge in [0.2, 0.25) is 0 Å². The molecule has 1 aliphatic rings. The van der Waals surface area contributed by atoms with Gasteiger partial charge in [-0.25, -0.2) is 13.2 Å². The molecule has 1 heterocycles. The highest BCUT2D eigenvalue weighted by Gasteiger charge is 2.24. The number of fused-ring (bicyclic) bond motifs is 1. The van der Waals surface area contributed by atoms with Gasteiger partial charge in [-0.3, -0.25) is 0 Å². The number of nitrogens with one attached hydrogen (secondary N) is 1. The van der Waals surface area contributed by atoms with E-state index in [1.54, 1.807) is 12.1 Å². The Morgan fingerprint density at radius 2 is 1.80 bits per heavy atom. The van der Waals surface area contributed by atoms with Gasteiger partial charge in [0.25, 0.3) is 0 Å². The lowest BCUT2D eigenvalue weighted by molar-refractivity contribution is 0.213. The van der Waals surface area contributed by atoms with E-state index in [-0.39, 0.29) is 5.56 Å². The van der Waals surface area contributed by atoms with Crippen LogP contribution in [0.4, 0.5) is 18.9 Å². The van der Waals surface area contributed by atoms with Crippen molar-refractivity contribution >= 4 is 5.69 Å². The minimum absolute atomic E-state index is 0.272. The van der Waals surface area contributed by atoms with Crippen LogP contribution in [-0.4, -0.2) is 11.7 Å². The Kier molecular flexibility index (Phi) is 3.14. The number of benzene rings is 2. The van der Waals surface area contributed by atoms with Gasteiger partial charge in [0.1, 0.15) is 6.10 Å². The Labute approximate surface area is 113 Å². The van der Waals surface area contributed by atoms with Crippen LogP contribution in [0.5, 0.6) is 0 Å². The average Bonchev–Trinajstić information content (AvgIpc) is 2.92. The highest BCUT2D eigenvalue weighted by Crippen LogP contribution is 2.35. The molecule has 2 aromatic rings. The van der Waals surface area contributed by atoms with E-state index in [0.717, 1.165) is 36.3 Å². The van der Waals surface area contributed by atoms with Gasteiger partial charge < -0.3 is 10.4 Å². The van der Waals surface area contributed by atoms with Crippen LogP contribution in [0.15, 0.2) is 30.3 Å². The van der Waals surface area contributed by atoms with E-state index in [4.69, 9.17) is 0 Å². The molecule has 0 amide bonds. The third-order valence-corrected chi connectivity index (χ3v) is 3.53. The molecule has 1 atom stereocenters. The third-order valence-electron chi connectivity index (χ3n) is 3.53. The first-order chi connectivity index (χ1) is 9.59. The van der Waals surface area contributed by atoms with Crippen LogP contribution >= 0.6 is 0 Å². The molecular weight excluding hydrogens is 267 g/mol. The van der Waals surface area contributed by atoms with E-state index in [1.165, 1.54) is 0 Å². The van der Waals surface area contributed by atoms with E-state index < -0.39 is 23.6 Å². The second-order valence-corrected chi connectivity index (χ2v) is 4.73. The zero-order valence-corrected chi connectivity index (χ0v) is 10.5. The van der Waals surface area contributed by atoms with Crippen LogP contribution in [0.2, 0.25) is 0 Å². The maximum atomic E-state index is 13.8. The van der Waals surface area contributed by atoms with Crippen molar-refractivity contribution in [3.8, 4) is 0 Å². The molecule has 0 radical (unpaired) electrons. The molecule has 2 nitrogen and oxygen atoms in total. The van der Waals surface area contributed by atoms with Gasteiger partial charge in [-0.1, -0.05) is 24.3 Å². The van der Waals surface area contributed by atoms with Crippen LogP contribution in [-0.2, 0) is 6.42 Å². The fourth-order valence-corrected chi connectivity index (χ4v) is 2.51. The topological polar surface area (TPSA) is 32.3 Å². The van der Waals surface area contributed by atoms with E-state index in [9.17, 15) is 18.3 Å². The van der Waals surface area contributed by atoms with Crippen molar-refractivity contribution in [1.82, 2.24) is 0 Å². The van der Waals surface area contributed by atoms with Gasteiger partial charge in [-0.05, 0) is 18.1 Å². The fourth-order valence-electron chi connectivity index (χ4n) is 2.51. The quantitative estimate of drug-likeness (QED) is 0.828. The summed E-state index contributed by atoms with van der Waals surface area (Å²) in [6.07, 6.45) is -0.526. The van der Waals surface area contributed by atoms with Gasteiger partial charge >= 0.3 is 0 Å². The van der Waals surface area contributed by atoms with Gasteiger partial charge in [0.05, 0.1) is 0 Å². The van der Waals surface area contributed by atoms with Crippen molar-refractivity contribution in [3.63, 3.8) is 0 Å². The predicted molar refractivity (Wildman–Crippen MR) is 69.0 cm³/mol. The van der Waals surface area contributed by atoms with Crippen molar-refractivity contribution in [2.45, 2.75) is 12.5 Å². The summed E-state index contributed by atoms with van der Waals surface area (Å²) >= 11 is 0. The maximum absolute atomic E-state index is 13.8. The van der Waals surface area contributed by atoms with Gasteiger partial charge in [0, 0.05) is 23.4 Å². The molecule has 0 spiro atoms. The number of hydrogen-bond donors (Lipinski definition) is 2. The van der Waals surface area contributed by atoms with E-state index in [1.807, 2.05) is 6.07 Å². The second-order valence-electron chi connectivity index (χ2n) is 4.73. The normalized spacial score (nSPS) is 14.8. The van der Waals surface area contributed by atoms with Crippen LogP contribution in [0, 0.1) is 17.5 Å². The molecule has 0 bridgehead atoms. The predicted octanol–water partition coefficient (Wildman–Crippen LogP) is 3.15. The number of anilines is 1. The van der Waals surface area contributed by atoms with Crippen molar-refractivity contribution in [3.05, 3.63) is 64.5 Å². The molecule has 104 valence electrons. The van der Waals surface area contributed by atoms with Crippen LogP contribution in [0.3, 0.4) is 0 Å². The Morgan fingerprint density at radius 3 is 2.60 bits per heavy atom. The molecule has 2 aromatic carbocycles. The summed E-state index contributed by atoms with van der Waals surface area (Å²) in [5.74, 6) is -4.19. The standard InChI is InChI=1S/C15H12F3NO/c16-11-5-4-9(12(17)13(11)18)15(20)10-3-1-2-8-6-7-19-14(8)10/h1-5,15,19-20H,6-7H2. The molecule has 3 rings (SSSR count).